The van der Waals surface area contributed by atoms with E-state index in [1.165, 1.54) is 16.4 Å². The van der Waals surface area contributed by atoms with Crippen molar-refractivity contribution in [1.82, 2.24) is 30.5 Å². The fraction of sp³-hybridized carbons (Fsp3) is 0.417. The summed E-state index contributed by atoms with van der Waals surface area (Å²) in [4.78, 5) is 15.9. The van der Waals surface area contributed by atoms with E-state index in [4.69, 9.17) is 0 Å². The van der Waals surface area contributed by atoms with Crippen LogP contribution in [0.4, 0.5) is 0 Å². The summed E-state index contributed by atoms with van der Waals surface area (Å²) in [6.07, 6.45) is 4.28. The van der Waals surface area contributed by atoms with Gasteiger partial charge in [-0.2, -0.15) is 0 Å². The number of aryl methyl sites for hydroxylation is 1. The standard InChI is InChI=1S/C12H16N6OS/c1-3-10(9-4-6-13-7-5-9)14-11(19)8-20-12-15-16-17-18(12)2/h4-7,10H,3,8H2,1-2H3,(H,14,19). The predicted octanol–water partition coefficient (Wildman–Crippen LogP) is 0.965. The molecule has 8 heteroatoms. The minimum atomic E-state index is -0.0401. The Morgan fingerprint density at radius 1 is 1.45 bits per heavy atom. The van der Waals surface area contributed by atoms with Crippen LogP contribution in [0, 0.1) is 0 Å². The SMILES string of the molecule is CCC(NC(=O)CSc1nnnn1C)c1ccncc1. The number of rotatable bonds is 6. The highest BCUT2D eigenvalue weighted by Crippen LogP contribution is 2.17. The van der Waals surface area contributed by atoms with Gasteiger partial charge in [0.15, 0.2) is 0 Å². The largest absolute Gasteiger partial charge is 0.349 e. The van der Waals surface area contributed by atoms with E-state index >= 15 is 0 Å². The molecule has 0 saturated heterocycles. The van der Waals surface area contributed by atoms with E-state index in [2.05, 4.69) is 25.8 Å². The molecule has 0 saturated carbocycles. The molecule has 0 aromatic carbocycles. The molecule has 1 atom stereocenters. The molecular weight excluding hydrogens is 276 g/mol. The van der Waals surface area contributed by atoms with E-state index in [9.17, 15) is 4.79 Å². The number of carbonyl (C=O) groups excluding carboxylic acids is 1. The monoisotopic (exact) mass is 292 g/mol. The van der Waals surface area contributed by atoms with Crippen molar-refractivity contribution in [3.8, 4) is 0 Å². The molecule has 2 rings (SSSR count). The summed E-state index contributed by atoms with van der Waals surface area (Å²) in [5.41, 5.74) is 1.06. The Morgan fingerprint density at radius 2 is 2.20 bits per heavy atom. The number of thioether (sulfide) groups is 1. The van der Waals surface area contributed by atoms with Gasteiger partial charge in [-0.25, -0.2) is 4.68 Å². The van der Waals surface area contributed by atoms with Crippen LogP contribution in [-0.4, -0.2) is 36.9 Å². The number of hydrogen-bond donors (Lipinski definition) is 1. The van der Waals surface area contributed by atoms with Gasteiger partial charge in [-0.05, 0) is 34.5 Å². The molecule has 0 radical (unpaired) electrons. The highest BCUT2D eigenvalue weighted by atomic mass is 32.2. The molecule has 0 fully saturated rings. The Kier molecular flexibility index (Phi) is 5.05. The second kappa shape index (κ2) is 6.99. The van der Waals surface area contributed by atoms with Crippen LogP contribution in [0.1, 0.15) is 24.9 Å². The van der Waals surface area contributed by atoms with Gasteiger partial charge in [0.05, 0.1) is 11.8 Å². The van der Waals surface area contributed by atoms with Gasteiger partial charge in [0.2, 0.25) is 11.1 Å². The van der Waals surface area contributed by atoms with E-state index in [1.54, 1.807) is 19.4 Å². The smallest absolute Gasteiger partial charge is 0.230 e. The zero-order chi connectivity index (χ0) is 14.4. The minimum absolute atomic E-state index is 0.00345. The molecule has 0 aliphatic carbocycles. The first-order valence-corrected chi connectivity index (χ1v) is 7.23. The van der Waals surface area contributed by atoms with Crippen molar-refractivity contribution in [2.45, 2.75) is 24.5 Å². The quantitative estimate of drug-likeness (QED) is 0.798. The third kappa shape index (κ3) is 3.77. The predicted molar refractivity (Wildman–Crippen MR) is 74.9 cm³/mol. The zero-order valence-corrected chi connectivity index (χ0v) is 12.2. The summed E-state index contributed by atoms with van der Waals surface area (Å²) in [7, 11) is 1.74. The average molecular weight is 292 g/mol. The van der Waals surface area contributed by atoms with Gasteiger partial charge in [-0.15, -0.1) is 5.10 Å². The van der Waals surface area contributed by atoms with Crippen LogP contribution in [0.2, 0.25) is 0 Å². The van der Waals surface area contributed by atoms with Gasteiger partial charge in [0.25, 0.3) is 0 Å². The van der Waals surface area contributed by atoms with Crippen molar-refractivity contribution in [1.29, 1.82) is 0 Å². The van der Waals surface area contributed by atoms with Crippen molar-refractivity contribution in [3.63, 3.8) is 0 Å². The minimum Gasteiger partial charge on any atom is -0.349 e. The summed E-state index contributed by atoms with van der Waals surface area (Å²) in [6.45, 7) is 2.03. The lowest BCUT2D eigenvalue weighted by molar-refractivity contribution is -0.119. The van der Waals surface area contributed by atoms with E-state index in [0.717, 1.165) is 12.0 Å². The fourth-order valence-electron chi connectivity index (χ4n) is 1.73. The Hall–Kier alpha value is -1.96. The molecule has 2 aromatic heterocycles. The van der Waals surface area contributed by atoms with Crippen LogP contribution in [-0.2, 0) is 11.8 Å². The van der Waals surface area contributed by atoms with Gasteiger partial charge in [-0.1, -0.05) is 18.7 Å². The second-order valence-corrected chi connectivity index (χ2v) is 5.13. The topological polar surface area (TPSA) is 85.6 Å². The van der Waals surface area contributed by atoms with Gasteiger partial charge in [0.1, 0.15) is 0 Å². The maximum Gasteiger partial charge on any atom is 0.230 e. The molecule has 0 spiro atoms. The van der Waals surface area contributed by atoms with Crippen LogP contribution in [0.5, 0.6) is 0 Å². The van der Waals surface area contributed by atoms with Crippen LogP contribution < -0.4 is 5.32 Å². The molecule has 7 nitrogen and oxygen atoms in total. The first-order valence-electron chi connectivity index (χ1n) is 6.25. The maximum absolute atomic E-state index is 12.0. The Balaban J connectivity index is 1.88. The first kappa shape index (κ1) is 14.4. The number of hydrogen-bond acceptors (Lipinski definition) is 6. The van der Waals surface area contributed by atoms with Crippen molar-refractivity contribution in [2.75, 3.05) is 5.75 Å². The summed E-state index contributed by atoms with van der Waals surface area (Å²) >= 11 is 1.31. The normalized spacial score (nSPS) is 12.1. The average Bonchev–Trinajstić information content (AvgIpc) is 2.89. The van der Waals surface area contributed by atoms with Crippen molar-refractivity contribution in [3.05, 3.63) is 30.1 Å². The lowest BCUT2D eigenvalue weighted by Gasteiger charge is -2.16. The molecule has 2 aromatic rings. The van der Waals surface area contributed by atoms with Gasteiger partial charge in [-0.3, -0.25) is 9.78 Å². The molecule has 1 N–H and O–H groups in total. The number of aromatic nitrogens is 5. The molecule has 1 unspecified atom stereocenters. The summed E-state index contributed by atoms with van der Waals surface area (Å²) in [5, 5.41) is 14.7. The summed E-state index contributed by atoms with van der Waals surface area (Å²) in [5.74, 6) is 0.247. The molecule has 2 heterocycles. The number of carbonyl (C=O) groups is 1. The highest BCUT2D eigenvalue weighted by Gasteiger charge is 2.13. The third-order valence-electron chi connectivity index (χ3n) is 2.77. The molecule has 0 aliphatic rings. The molecule has 1 amide bonds. The summed E-state index contributed by atoms with van der Waals surface area (Å²) < 4.78 is 1.54. The van der Waals surface area contributed by atoms with Crippen molar-refractivity contribution < 1.29 is 4.79 Å². The van der Waals surface area contributed by atoms with Crippen molar-refractivity contribution >= 4 is 17.7 Å². The van der Waals surface area contributed by atoms with Crippen LogP contribution in [0.25, 0.3) is 0 Å². The number of nitrogens with zero attached hydrogens (tertiary/aromatic N) is 5. The number of amides is 1. The van der Waals surface area contributed by atoms with Crippen LogP contribution in [0.15, 0.2) is 29.7 Å². The Morgan fingerprint density at radius 3 is 2.80 bits per heavy atom. The molecule has 20 heavy (non-hydrogen) atoms. The Bertz CT molecular complexity index is 558. The molecule has 0 bridgehead atoms. The van der Waals surface area contributed by atoms with Gasteiger partial charge >= 0.3 is 0 Å². The van der Waals surface area contributed by atoms with E-state index < -0.39 is 0 Å². The highest BCUT2D eigenvalue weighted by molar-refractivity contribution is 7.99. The lowest BCUT2D eigenvalue weighted by atomic mass is 10.1. The van der Waals surface area contributed by atoms with E-state index in [-0.39, 0.29) is 17.7 Å². The van der Waals surface area contributed by atoms with Crippen molar-refractivity contribution in [2.24, 2.45) is 7.05 Å². The first-order chi connectivity index (χ1) is 9.70. The number of pyridine rings is 1. The molecular formula is C12H16N6OS. The van der Waals surface area contributed by atoms with E-state index in [1.807, 2.05) is 19.1 Å². The van der Waals surface area contributed by atoms with E-state index in [0.29, 0.717) is 5.16 Å². The second-order valence-electron chi connectivity index (χ2n) is 4.18. The fourth-order valence-corrected chi connectivity index (χ4v) is 2.39. The number of tetrazole rings is 1. The maximum atomic E-state index is 12.0. The Labute approximate surface area is 121 Å². The molecule has 106 valence electrons. The van der Waals surface area contributed by atoms with Crippen LogP contribution in [0.3, 0.4) is 0 Å². The van der Waals surface area contributed by atoms with Gasteiger partial charge in [0, 0.05) is 19.4 Å². The summed E-state index contributed by atoms with van der Waals surface area (Å²) in [6, 6.07) is 3.83. The van der Waals surface area contributed by atoms with Gasteiger partial charge < -0.3 is 5.32 Å². The lowest BCUT2D eigenvalue weighted by Crippen LogP contribution is -2.29. The number of nitrogens with one attached hydrogen (secondary N) is 1. The zero-order valence-electron chi connectivity index (χ0n) is 11.4. The molecule has 0 aliphatic heterocycles. The van der Waals surface area contributed by atoms with Crippen LogP contribution >= 0.6 is 11.8 Å². The third-order valence-corrected chi connectivity index (χ3v) is 3.78.